The van der Waals surface area contributed by atoms with Gasteiger partial charge in [-0.05, 0) is 30.9 Å². The number of pyridine rings is 1. The lowest BCUT2D eigenvalue weighted by molar-refractivity contribution is -0.140. The molecule has 1 aromatic rings. The molecule has 1 aliphatic heterocycles. The highest BCUT2D eigenvalue weighted by atomic mass is 16.4. The molecule has 0 amide bonds. The Morgan fingerprint density at radius 1 is 1.50 bits per heavy atom. The van der Waals surface area contributed by atoms with Crippen molar-refractivity contribution in [3.8, 4) is 0 Å². The molecule has 0 spiro atoms. The quantitative estimate of drug-likeness (QED) is 0.825. The van der Waals surface area contributed by atoms with Gasteiger partial charge in [-0.2, -0.15) is 0 Å². The minimum absolute atomic E-state index is 0.194. The molecule has 0 saturated carbocycles. The summed E-state index contributed by atoms with van der Waals surface area (Å²) in [5, 5.41) is 9.28. The van der Waals surface area contributed by atoms with Crippen molar-refractivity contribution in [1.82, 2.24) is 4.98 Å². The number of carboxylic acids is 1. The number of anilines is 1. The minimum atomic E-state index is -0.732. The van der Waals surface area contributed by atoms with Crippen LogP contribution in [0.3, 0.4) is 0 Å². The molecule has 4 nitrogen and oxygen atoms in total. The van der Waals surface area contributed by atoms with Crippen LogP contribution in [-0.2, 0) is 4.79 Å². The van der Waals surface area contributed by atoms with Crippen LogP contribution in [0.25, 0.3) is 0 Å². The van der Waals surface area contributed by atoms with Gasteiger partial charge in [-0.1, -0.05) is 6.92 Å². The number of aromatic nitrogens is 1. The van der Waals surface area contributed by atoms with E-state index in [0.717, 1.165) is 25.1 Å². The minimum Gasteiger partial charge on any atom is -0.480 e. The van der Waals surface area contributed by atoms with Crippen molar-refractivity contribution in [3.05, 3.63) is 24.5 Å². The van der Waals surface area contributed by atoms with E-state index in [1.54, 1.807) is 12.4 Å². The van der Waals surface area contributed by atoms with E-state index >= 15 is 0 Å². The number of piperidine rings is 1. The van der Waals surface area contributed by atoms with Gasteiger partial charge in [0.2, 0.25) is 0 Å². The maximum Gasteiger partial charge on any atom is 0.326 e. The molecule has 1 aliphatic rings. The summed E-state index contributed by atoms with van der Waals surface area (Å²) in [5.74, 6) is -0.538. The highest BCUT2D eigenvalue weighted by Gasteiger charge is 2.34. The van der Waals surface area contributed by atoms with Gasteiger partial charge in [-0.25, -0.2) is 4.79 Å². The smallest absolute Gasteiger partial charge is 0.326 e. The summed E-state index contributed by atoms with van der Waals surface area (Å²) in [5.41, 5.74) is 0.953. The van der Waals surface area contributed by atoms with Crippen molar-refractivity contribution in [2.45, 2.75) is 25.8 Å². The van der Waals surface area contributed by atoms with Crippen molar-refractivity contribution in [2.24, 2.45) is 5.92 Å². The Hall–Kier alpha value is -1.58. The molecule has 1 saturated heterocycles. The molecule has 4 heteroatoms. The lowest BCUT2D eigenvalue weighted by atomic mass is 9.90. The Morgan fingerprint density at radius 3 is 2.81 bits per heavy atom. The van der Waals surface area contributed by atoms with Crippen LogP contribution in [0.5, 0.6) is 0 Å². The van der Waals surface area contributed by atoms with Gasteiger partial charge in [0.1, 0.15) is 6.04 Å². The SMILES string of the molecule is CC1CCCN(c2ccncc2)C1C(=O)O. The van der Waals surface area contributed by atoms with Crippen LogP contribution in [0.1, 0.15) is 19.8 Å². The number of nitrogens with zero attached hydrogens (tertiary/aromatic N) is 2. The fraction of sp³-hybridized carbons (Fsp3) is 0.500. The molecule has 1 aromatic heterocycles. The molecule has 2 rings (SSSR count). The summed E-state index contributed by atoms with van der Waals surface area (Å²) in [6, 6.07) is 3.33. The first-order valence-electron chi connectivity index (χ1n) is 5.59. The fourth-order valence-electron chi connectivity index (χ4n) is 2.39. The second-order valence-corrected chi connectivity index (χ2v) is 4.30. The van der Waals surface area contributed by atoms with Gasteiger partial charge in [-0.3, -0.25) is 4.98 Å². The average Bonchev–Trinajstić information content (AvgIpc) is 2.29. The maximum atomic E-state index is 11.3. The van der Waals surface area contributed by atoms with E-state index in [0.29, 0.717) is 0 Å². The molecule has 2 heterocycles. The highest BCUT2D eigenvalue weighted by Crippen LogP contribution is 2.28. The topological polar surface area (TPSA) is 53.4 Å². The number of hydrogen-bond acceptors (Lipinski definition) is 3. The van der Waals surface area contributed by atoms with Gasteiger partial charge in [0.15, 0.2) is 0 Å². The summed E-state index contributed by atoms with van der Waals surface area (Å²) in [7, 11) is 0. The Kier molecular flexibility index (Phi) is 3.08. The summed E-state index contributed by atoms with van der Waals surface area (Å²) < 4.78 is 0. The van der Waals surface area contributed by atoms with Gasteiger partial charge in [-0.15, -0.1) is 0 Å². The van der Waals surface area contributed by atoms with Crippen molar-refractivity contribution in [3.63, 3.8) is 0 Å². The van der Waals surface area contributed by atoms with Crippen LogP contribution >= 0.6 is 0 Å². The van der Waals surface area contributed by atoms with Gasteiger partial charge >= 0.3 is 5.97 Å². The van der Waals surface area contributed by atoms with E-state index in [9.17, 15) is 9.90 Å². The maximum absolute atomic E-state index is 11.3. The Balaban J connectivity index is 2.27. The van der Waals surface area contributed by atoms with E-state index in [4.69, 9.17) is 0 Å². The number of hydrogen-bond donors (Lipinski definition) is 1. The van der Waals surface area contributed by atoms with Crippen LogP contribution in [0.2, 0.25) is 0 Å². The molecule has 16 heavy (non-hydrogen) atoms. The largest absolute Gasteiger partial charge is 0.480 e. The average molecular weight is 220 g/mol. The molecule has 86 valence electrons. The van der Waals surface area contributed by atoms with Crippen molar-refractivity contribution >= 4 is 11.7 Å². The molecule has 1 fully saturated rings. The fourth-order valence-corrected chi connectivity index (χ4v) is 2.39. The first-order chi connectivity index (χ1) is 7.70. The second kappa shape index (κ2) is 4.51. The third-order valence-corrected chi connectivity index (χ3v) is 3.18. The molecule has 0 radical (unpaired) electrons. The number of carboxylic acid groups (broad SMARTS) is 1. The lowest BCUT2D eigenvalue weighted by Gasteiger charge is -2.38. The zero-order chi connectivity index (χ0) is 11.5. The number of carbonyl (C=O) groups is 1. The van der Waals surface area contributed by atoms with Crippen LogP contribution in [0, 0.1) is 5.92 Å². The van der Waals surface area contributed by atoms with Crippen molar-refractivity contribution < 1.29 is 9.90 Å². The molecule has 0 aliphatic carbocycles. The van der Waals surface area contributed by atoms with Crippen LogP contribution in [-0.4, -0.2) is 28.6 Å². The normalized spacial score (nSPS) is 25.4. The van der Waals surface area contributed by atoms with Crippen molar-refractivity contribution in [1.29, 1.82) is 0 Å². The molecular formula is C12H16N2O2. The summed E-state index contributed by atoms with van der Waals surface area (Å²) in [4.78, 5) is 17.2. The molecule has 0 aromatic carbocycles. The standard InChI is InChI=1S/C12H16N2O2/c1-9-3-2-8-14(11(9)12(15)16)10-4-6-13-7-5-10/h4-7,9,11H,2-3,8H2,1H3,(H,15,16). The van der Waals surface area contributed by atoms with E-state index < -0.39 is 12.0 Å². The first-order valence-corrected chi connectivity index (χ1v) is 5.59. The highest BCUT2D eigenvalue weighted by molar-refractivity contribution is 5.78. The Labute approximate surface area is 94.9 Å². The Morgan fingerprint density at radius 2 is 2.19 bits per heavy atom. The van der Waals surface area contributed by atoms with Crippen LogP contribution in [0.15, 0.2) is 24.5 Å². The molecule has 1 N–H and O–H groups in total. The predicted molar refractivity (Wildman–Crippen MR) is 61.4 cm³/mol. The molecular weight excluding hydrogens is 204 g/mol. The van der Waals surface area contributed by atoms with E-state index in [2.05, 4.69) is 4.98 Å². The van der Waals surface area contributed by atoms with Gasteiger partial charge in [0, 0.05) is 24.6 Å². The van der Waals surface area contributed by atoms with Crippen LogP contribution in [0.4, 0.5) is 5.69 Å². The number of aliphatic carboxylic acids is 1. The van der Waals surface area contributed by atoms with Gasteiger partial charge in [0.05, 0.1) is 0 Å². The zero-order valence-corrected chi connectivity index (χ0v) is 9.34. The predicted octanol–water partition coefficient (Wildman–Crippen LogP) is 1.77. The number of rotatable bonds is 2. The van der Waals surface area contributed by atoms with Gasteiger partial charge < -0.3 is 10.0 Å². The summed E-state index contributed by atoms with van der Waals surface area (Å²) >= 11 is 0. The summed E-state index contributed by atoms with van der Waals surface area (Å²) in [6.45, 7) is 2.82. The lowest BCUT2D eigenvalue weighted by Crippen LogP contribution is -2.49. The van der Waals surface area contributed by atoms with E-state index in [-0.39, 0.29) is 5.92 Å². The van der Waals surface area contributed by atoms with Crippen molar-refractivity contribution in [2.75, 3.05) is 11.4 Å². The zero-order valence-electron chi connectivity index (χ0n) is 9.34. The summed E-state index contributed by atoms with van der Waals surface area (Å²) in [6.07, 6.45) is 5.44. The molecule has 2 atom stereocenters. The van der Waals surface area contributed by atoms with E-state index in [1.165, 1.54) is 0 Å². The Bertz CT molecular complexity index is 367. The first kappa shape index (κ1) is 10.9. The monoisotopic (exact) mass is 220 g/mol. The molecule has 2 unspecified atom stereocenters. The van der Waals surface area contributed by atoms with Gasteiger partial charge in [0.25, 0.3) is 0 Å². The molecule has 0 bridgehead atoms. The third kappa shape index (κ3) is 2.01. The second-order valence-electron chi connectivity index (χ2n) is 4.30. The van der Waals surface area contributed by atoms with E-state index in [1.807, 2.05) is 24.0 Å². The third-order valence-electron chi connectivity index (χ3n) is 3.18. The van der Waals surface area contributed by atoms with Crippen LogP contribution < -0.4 is 4.90 Å².